The predicted molar refractivity (Wildman–Crippen MR) is 69.2 cm³/mol. The Labute approximate surface area is 111 Å². The lowest BCUT2D eigenvalue weighted by atomic mass is 10.1. The summed E-state index contributed by atoms with van der Waals surface area (Å²) in [6.07, 6.45) is 3.05. The number of carbonyl (C=O) groups excluding carboxylic acids is 1. The van der Waals surface area contributed by atoms with Crippen molar-refractivity contribution in [1.29, 1.82) is 0 Å². The summed E-state index contributed by atoms with van der Waals surface area (Å²) in [5.41, 5.74) is -0.181. The molecule has 1 aromatic heterocycles. The first-order chi connectivity index (χ1) is 9.10. The Balaban J connectivity index is 2.85. The molecule has 0 saturated carbocycles. The summed E-state index contributed by atoms with van der Waals surface area (Å²) in [5.74, 6) is -1.66. The highest BCUT2D eigenvalue weighted by atomic mass is 16.5. The summed E-state index contributed by atoms with van der Waals surface area (Å²) >= 11 is 0. The Hall–Kier alpha value is -1.95. The first-order valence-electron chi connectivity index (χ1n) is 6.08. The average Bonchev–Trinajstić information content (AvgIpc) is 2.39. The van der Waals surface area contributed by atoms with E-state index in [9.17, 15) is 9.59 Å². The lowest BCUT2D eigenvalue weighted by molar-refractivity contribution is 0.0688. The first kappa shape index (κ1) is 15.1. The van der Waals surface area contributed by atoms with Gasteiger partial charge in [-0.25, -0.2) is 4.79 Å². The third-order valence-corrected chi connectivity index (χ3v) is 2.59. The summed E-state index contributed by atoms with van der Waals surface area (Å²) in [6, 6.07) is 2.69. The summed E-state index contributed by atoms with van der Waals surface area (Å²) in [6.45, 7) is 2.38. The molecule has 0 saturated heterocycles. The highest BCUT2D eigenvalue weighted by molar-refractivity contribution is 6.03. The van der Waals surface area contributed by atoms with Crippen LogP contribution in [-0.2, 0) is 4.74 Å². The molecule has 0 bridgehead atoms. The molecule has 0 radical (unpaired) electrons. The van der Waals surface area contributed by atoms with Gasteiger partial charge in [-0.1, -0.05) is 13.3 Å². The summed E-state index contributed by atoms with van der Waals surface area (Å²) < 4.78 is 5.02. The van der Waals surface area contributed by atoms with Crippen LogP contribution in [0.1, 0.15) is 40.6 Å². The third kappa shape index (κ3) is 4.33. The molecule has 19 heavy (non-hydrogen) atoms. The number of methoxy groups -OCH3 is 1. The quantitative estimate of drug-likeness (QED) is 0.777. The van der Waals surface area contributed by atoms with Gasteiger partial charge < -0.3 is 15.2 Å². The second-order valence-electron chi connectivity index (χ2n) is 4.12. The van der Waals surface area contributed by atoms with E-state index in [0.29, 0.717) is 6.61 Å². The van der Waals surface area contributed by atoms with Gasteiger partial charge >= 0.3 is 5.97 Å². The smallest absolute Gasteiger partial charge is 0.338 e. The van der Waals surface area contributed by atoms with Crippen LogP contribution in [0.3, 0.4) is 0 Å². The van der Waals surface area contributed by atoms with Crippen LogP contribution >= 0.6 is 0 Å². The Kier molecular flexibility index (Phi) is 5.95. The number of aromatic carboxylic acids is 1. The van der Waals surface area contributed by atoms with E-state index < -0.39 is 11.9 Å². The van der Waals surface area contributed by atoms with Crippen molar-refractivity contribution in [2.24, 2.45) is 0 Å². The van der Waals surface area contributed by atoms with E-state index in [4.69, 9.17) is 9.84 Å². The Bertz CT molecular complexity index is 442. The Morgan fingerprint density at radius 2 is 2.26 bits per heavy atom. The molecule has 1 amide bonds. The average molecular weight is 266 g/mol. The van der Waals surface area contributed by atoms with Crippen molar-refractivity contribution in [1.82, 2.24) is 10.3 Å². The number of aromatic nitrogens is 1. The van der Waals surface area contributed by atoms with E-state index >= 15 is 0 Å². The van der Waals surface area contributed by atoms with Crippen LogP contribution in [0.5, 0.6) is 0 Å². The zero-order chi connectivity index (χ0) is 14.3. The predicted octanol–water partition coefficient (Wildman–Crippen LogP) is 1.32. The van der Waals surface area contributed by atoms with Crippen molar-refractivity contribution in [2.45, 2.75) is 25.8 Å². The van der Waals surface area contributed by atoms with Gasteiger partial charge in [-0.2, -0.15) is 0 Å². The highest BCUT2D eigenvalue weighted by Gasteiger charge is 2.20. The highest BCUT2D eigenvalue weighted by Crippen LogP contribution is 2.07. The van der Waals surface area contributed by atoms with Gasteiger partial charge in [0.1, 0.15) is 5.69 Å². The number of hydrogen-bond acceptors (Lipinski definition) is 4. The van der Waals surface area contributed by atoms with Crippen molar-refractivity contribution < 1.29 is 19.4 Å². The molecule has 1 atom stereocenters. The summed E-state index contributed by atoms with van der Waals surface area (Å²) in [7, 11) is 1.55. The van der Waals surface area contributed by atoms with E-state index in [0.717, 1.165) is 12.8 Å². The van der Waals surface area contributed by atoms with Gasteiger partial charge in [0.2, 0.25) is 0 Å². The van der Waals surface area contributed by atoms with Gasteiger partial charge in [0, 0.05) is 13.3 Å². The van der Waals surface area contributed by atoms with E-state index in [2.05, 4.69) is 10.3 Å². The Morgan fingerprint density at radius 1 is 1.53 bits per heavy atom. The van der Waals surface area contributed by atoms with Crippen molar-refractivity contribution in [2.75, 3.05) is 13.7 Å². The van der Waals surface area contributed by atoms with Crippen LogP contribution in [0.25, 0.3) is 0 Å². The number of nitrogens with zero attached hydrogens (tertiary/aromatic N) is 1. The number of rotatable bonds is 7. The van der Waals surface area contributed by atoms with E-state index in [1.54, 1.807) is 7.11 Å². The standard InChI is InChI=1S/C13H18N2O4/c1-3-5-9(8-19-2)15-12(16)11-10(13(17)18)6-4-7-14-11/h4,6-7,9H,3,5,8H2,1-2H3,(H,15,16)(H,17,18). The number of carboxylic acid groups (broad SMARTS) is 1. The second kappa shape index (κ2) is 7.48. The molecular formula is C13H18N2O4. The fraction of sp³-hybridized carbons (Fsp3) is 0.462. The largest absolute Gasteiger partial charge is 0.478 e. The number of hydrogen-bond donors (Lipinski definition) is 2. The molecule has 1 heterocycles. The van der Waals surface area contributed by atoms with Crippen molar-refractivity contribution in [3.63, 3.8) is 0 Å². The van der Waals surface area contributed by atoms with Crippen molar-refractivity contribution >= 4 is 11.9 Å². The number of pyridine rings is 1. The molecule has 0 aromatic carbocycles. The third-order valence-electron chi connectivity index (χ3n) is 2.59. The monoisotopic (exact) mass is 266 g/mol. The van der Waals surface area contributed by atoms with Gasteiger partial charge in [0.25, 0.3) is 5.91 Å². The molecule has 1 unspecified atom stereocenters. The van der Waals surface area contributed by atoms with Crippen molar-refractivity contribution in [3.05, 3.63) is 29.6 Å². The second-order valence-corrected chi connectivity index (χ2v) is 4.12. The van der Waals surface area contributed by atoms with Crippen LogP contribution in [-0.4, -0.2) is 41.7 Å². The zero-order valence-electron chi connectivity index (χ0n) is 11.0. The molecule has 104 valence electrons. The SMILES string of the molecule is CCCC(COC)NC(=O)c1ncccc1C(=O)O. The van der Waals surface area contributed by atoms with Crippen LogP contribution in [0.2, 0.25) is 0 Å². The van der Waals surface area contributed by atoms with Gasteiger partial charge in [-0.15, -0.1) is 0 Å². The van der Waals surface area contributed by atoms with Gasteiger partial charge in [0.15, 0.2) is 0 Å². The number of carbonyl (C=O) groups is 2. The molecule has 6 nitrogen and oxygen atoms in total. The van der Waals surface area contributed by atoms with E-state index in [1.807, 2.05) is 6.92 Å². The minimum absolute atomic E-state index is 0.0767. The molecule has 0 aliphatic heterocycles. The molecule has 0 aliphatic rings. The maximum Gasteiger partial charge on any atom is 0.338 e. The lowest BCUT2D eigenvalue weighted by Gasteiger charge is -2.17. The number of carboxylic acids is 1. The van der Waals surface area contributed by atoms with Gasteiger partial charge in [-0.05, 0) is 18.6 Å². The maximum absolute atomic E-state index is 12.0. The minimum atomic E-state index is -1.17. The van der Waals surface area contributed by atoms with Crippen LogP contribution in [0.4, 0.5) is 0 Å². The zero-order valence-corrected chi connectivity index (χ0v) is 11.0. The number of amides is 1. The lowest BCUT2D eigenvalue weighted by Crippen LogP contribution is -2.39. The first-order valence-corrected chi connectivity index (χ1v) is 6.08. The summed E-state index contributed by atoms with van der Waals surface area (Å²) in [5, 5.41) is 11.8. The molecule has 0 fully saturated rings. The van der Waals surface area contributed by atoms with E-state index in [1.165, 1.54) is 18.3 Å². The van der Waals surface area contributed by atoms with Crippen LogP contribution < -0.4 is 5.32 Å². The van der Waals surface area contributed by atoms with Gasteiger partial charge in [0.05, 0.1) is 18.2 Å². The summed E-state index contributed by atoms with van der Waals surface area (Å²) in [4.78, 5) is 26.9. The Morgan fingerprint density at radius 3 is 2.84 bits per heavy atom. The van der Waals surface area contributed by atoms with Crippen LogP contribution in [0, 0.1) is 0 Å². The molecule has 2 N–H and O–H groups in total. The number of ether oxygens (including phenoxy) is 1. The number of nitrogens with one attached hydrogen (secondary N) is 1. The molecule has 0 aliphatic carbocycles. The maximum atomic E-state index is 12.0. The fourth-order valence-corrected chi connectivity index (χ4v) is 1.76. The van der Waals surface area contributed by atoms with Crippen LogP contribution in [0.15, 0.2) is 18.3 Å². The molecular weight excluding hydrogens is 248 g/mol. The molecule has 1 aromatic rings. The minimum Gasteiger partial charge on any atom is -0.478 e. The normalized spacial score (nSPS) is 11.9. The van der Waals surface area contributed by atoms with Gasteiger partial charge in [-0.3, -0.25) is 9.78 Å². The molecule has 0 spiro atoms. The topological polar surface area (TPSA) is 88.5 Å². The fourth-order valence-electron chi connectivity index (χ4n) is 1.76. The molecule has 6 heteroatoms. The van der Waals surface area contributed by atoms with Crippen molar-refractivity contribution in [3.8, 4) is 0 Å². The van der Waals surface area contributed by atoms with E-state index in [-0.39, 0.29) is 17.3 Å². The molecule has 1 rings (SSSR count).